The molecule has 3 aromatic rings. The van der Waals surface area contributed by atoms with Crippen LogP contribution in [0.2, 0.25) is 18.1 Å². The molecule has 4 aliphatic rings. The van der Waals surface area contributed by atoms with Crippen LogP contribution in [0.15, 0.2) is 96.6 Å². The summed E-state index contributed by atoms with van der Waals surface area (Å²) in [6.07, 6.45) is -0.769. The van der Waals surface area contributed by atoms with Crippen LogP contribution in [0.5, 0.6) is 0 Å². The highest BCUT2D eigenvalue weighted by molar-refractivity contribution is 6.74. The number of carbonyl (C=O) groups excluding carboxylic acids is 3. The molecular formula is C35H35NO5Si. The predicted octanol–water partition coefficient (Wildman–Crippen LogP) is 6.14. The van der Waals surface area contributed by atoms with E-state index in [1.54, 1.807) is 12.1 Å². The predicted molar refractivity (Wildman–Crippen MR) is 163 cm³/mol. The number of cyclic esters (lactones) is 1. The standard InChI is InChI=1S/C35H35NO5Si/c1-33(2,3)42(4,5)41-31-34(23-17-11-7-12-18-23)26(22-15-9-6-10-16-22)25-21-40-32(39)35(25,31)28-27(34)29(37)36(30(28)38)24-19-13-8-14-20-24/h6-20,27-28,31H,21H2,1-5H3/t27-,28+,31-,34-,35+/m1/s1. The Hall–Kier alpha value is -3.81. The molecule has 0 radical (unpaired) electrons. The van der Waals surface area contributed by atoms with Crippen LogP contribution < -0.4 is 4.90 Å². The summed E-state index contributed by atoms with van der Waals surface area (Å²) in [7, 11) is -2.56. The summed E-state index contributed by atoms with van der Waals surface area (Å²) in [5.41, 5.74) is 1.50. The van der Waals surface area contributed by atoms with Crippen LogP contribution in [-0.4, -0.2) is 38.8 Å². The van der Waals surface area contributed by atoms with Crippen LogP contribution in [0.3, 0.4) is 0 Å². The summed E-state index contributed by atoms with van der Waals surface area (Å²) >= 11 is 0. The van der Waals surface area contributed by atoms with Crippen molar-refractivity contribution >= 4 is 37.4 Å². The number of hydrogen-bond donors (Lipinski definition) is 0. The van der Waals surface area contributed by atoms with Gasteiger partial charge in [0.15, 0.2) is 8.32 Å². The molecule has 2 bridgehead atoms. The number of esters is 1. The lowest BCUT2D eigenvalue weighted by Gasteiger charge is -2.46. The van der Waals surface area contributed by atoms with Crippen LogP contribution >= 0.6 is 0 Å². The van der Waals surface area contributed by atoms with Gasteiger partial charge in [0.1, 0.15) is 12.0 Å². The largest absolute Gasteiger partial charge is 0.460 e. The van der Waals surface area contributed by atoms with Gasteiger partial charge in [-0.3, -0.25) is 14.4 Å². The van der Waals surface area contributed by atoms with Crippen LogP contribution in [0.1, 0.15) is 31.9 Å². The van der Waals surface area contributed by atoms with Gasteiger partial charge in [0, 0.05) is 0 Å². The van der Waals surface area contributed by atoms with Crippen molar-refractivity contribution in [3.63, 3.8) is 0 Å². The first-order valence-electron chi connectivity index (χ1n) is 14.6. The second-order valence-electron chi connectivity index (χ2n) is 13.5. The number of ether oxygens (including phenoxy) is 1. The minimum absolute atomic E-state index is 0.0744. The second kappa shape index (κ2) is 8.85. The Bertz CT molecular complexity index is 1640. The fraction of sp³-hybridized carbons (Fsp3) is 0.343. The zero-order valence-electron chi connectivity index (χ0n) is 24.6. The Morgan fingerprint density at radius 2 is 1.31 bits per heavy atom. The van der Waals surface area contributed by atoms with E-state index in [-0.39, 0.29) is 23.5 Å². The Morgan fingerprint density at radius 3 is 1.88 bits per heavy atom. The van der Waals surface area contributed by atoms with E-state index in [0.29, 0.717) is 5.69 Å². The third-order valence-corrected chi connectivity index (χ3v) is 15.0. The monoisotopic (exact) mass is 577 g/mol. The molecule has 42 heavy (non-hydrogen) atoms. The van der Waals surface area contributed by atoms with Gasteiger partial charge in [-0.25, -0.2) is 4.90 Å². The highest BCUT2D eigenvalue weighted by Gasteiger charge is 2.87. The number of hydrogen-bond acceptors (Lipinski definition) is 5. The van der Waals surface area contributed by atoms with Crippen LogP contribution in [0, 0.1) is 17.3 Å². The van der Waals surface area contributed by atoms with Crippen molar-refractivity contribution in [2.24, 2.45) is 17.3 Å². The number of amides is 2. The maximum Gasteiger partial charge on any atom is 0.320 e. The first-order valence-corrected chi connectivity index (χ1v) is 17.5. The molecule has 0 N–H and O–H groups in total. The lowest BCUT2D eigenvalue weighted by atomic mass is 9.61. The first-order chi connectivity index (χ1) is 20.0. The van der Waals surface area contributed by atoms with E-state index >= 15 is 0 Å². The zero-order chi connectivity index (χ0) is 29.7. The molecule has 214 valence electrons. The number of carbonyl (C=O) groups is 3. The molecule has 1 saturated carbocycles. The fourth-order valence-corrected chi connectivity index (χ4v) is 9.18. The summed E-state index contributed by atoms with van der Waals surface area (Å²) in [5, 5.41) is -0.182. The Morgan fingerprint density at radius 1 is 0.786 bits per heavy atom. The van der Waals surface area contributed by atoms with Crippen LogP contribution in [0.4, 0.5) is 5.69 Å². The van der Waals surface area contributed by atoms with Gasteiger partial charge in [-0.05, 0) is 52.5 Å². The molecule has 3 aromatic carbocycles. The van der Waals surface area contributed by atoms with Gasteiger partial charge in [0.25, 0.3) is 0 Å². The normalized spacial score (nSPS) is 30.2. The summed E-state index contributed by atoms with van der Waals surface area (Å²) in [4.78, 5) is 45.1. The van der Waals surface area contributed by atoms with Crippen LogP contribution in [0.25, 0.3) is 5.57 Å². The summed E-state index contributed by atoms with van der Waals surface area (Å²) < 4.78 is 13.3. The highest BCUT2D eigenvalue weighted by Crippen LogP contribution is 2.77. The highest BCUT2D eigenvalue weighted by atomic mass is 28.4. The summed E-state index contributed by atoms with van der Waals surface area (Å²) in [6, 6.07) is 28.9. The van der Waals surface area contributed by atoms with Crippen molar-refractivity contribution in [1.82, 2.24) is 0 Å². The molecule has 2 aliphatic heterocycles. The fourth-order valence-electron chi connectivity index (χ4n) is 7.86. The topological polar surface area (TPSA) is 72.9 Å². The van der Waals surface area contributed by atoms with Crippen molar-refractivity contribution < 1.29 is 23.5 Å². The molecular weight excluding hydrogens is 542 g/mol. The molecule has 2 heterocycles. The third kappa shape index (κ3) is 3.15. The van der Waals surface area contributed by atoms with Gasteiger partial charge < -0.3 is 9.16 Å². The molecule has 2 aliphatic carbocycles. The lowest BCUT2D eigenvalue weighted by molar-refractivity contribution is -0.153. The Kier molecular flexibility index (Phi) is 5.70. The van der Waals surface area contributed by atoms with Gasteiger partial charge in [0.2, 0.25) is 11.8 Å². The number of nitrogens with zero attached hydrogens (tertiary/aromatic N) is 1. The van der Waals surface area contributed by atoms with Crippen molar-refractivity contribution in [1.29, 1.82) is 0 Å². The van der Waals surface area contributed by atoms with Crippen LogP contribution in [-0.2, 0) is 29.0 Å². The van der Waals surface area contributed by atoms with E-state index in [2.05, 4.69) is 33.9 Å². The average Bonchev–Trinajstić information content (AvgIpc) is 3.61. The first kappa shape index (κ1) is 27.0. The number of benzene rings is 3. The average molecular weight is 578 g/mol. The second-order valence-corrected chi connectivity index (χ2v) is 18.2. The van der Waals surface area contributed by atoms with Gasteiger partial charge in [-0.1, -0.05) is 99.6 Å². The summed E-state index contributed by atoms with van der Waals surface area (Å²) in [5.74, 6) is -2.89. The van der Waals surface area contributed by atoms with E-state index in [9.17, 15) is 14.4 Å². The molecule has 0 unspecified atom stereocenters. The zero-order valence-corrected chi connectivity index (χ0v) is 25.6. The van der Waals surface area contributed by atoms with E-state index in [4.69, 9.17) is 9.16 Å². The number of anilines is 1. The van der Waals surface area contributed by atoms with Crippen molar-refractivity contribution in [3.05, 3.63) is 108 Å². The maximum atomic E-state index is 14.8. The maximum absolute atomic E-state index is 14.8. The van der Waals surface area contributed by atoms with Crippen molar-refractivity contribution in [2.75, 3.05) is 11.5 Å². The molecule has 3 fully saturated rings. The van der Waals surface area contributed by atoms with Gasteiger partial charge in [-0.15, -0.1) is 0 Å². The molecule has 6 nitrogen and oxygen atoms in total. The molecule has 2 saturated heterocycles. The van der Waals surface area contributed by atoms with E-state index in [0.717, 1.165) is 22.3 Å². The van der Waals surface area contributed by atoms with E-state index in [1.165, 1.54) is 4.90 Å². The minimum atomic E-state index is -2.56. The molecule has 5 atom stereocenters. The molecule has 0 aromatic heterocycles. The third-order valence-electron chi connectivity index (χ3n) is 10.6. The SMILES string of the molecule is CC(C)(C)[Si](C)(C)O[C@H]1[C@]23C(=O)OCC2=C(c2ccccc2)[C@]1(c1ccccc1)[C@H]1C(=O)N(c2ccccc2)C(=O)[C@H]13. The number of para-hydroxylation sites is 1. The molecule has 1 spiro atoms. The number of rotatable bonds is 5. The minimum Gasteiger partial charge on any atom is -0.460 e. The van der Waals surface area contributed by atoms with Crippen molar-refractivity contribution in [3.8, 4) is 0 Å². The quantitative estimate of drug-likeness (QED) is 0.207. The molecule has 7 heteroatoms. The summed E-state index contributed by atoms with van der Waals surface area (Å²) in [6.45, 7) is 10.9. The number of imide groups is 1. The van der Waals surface area contributed by atoms with E-state index in [1.807, 2.05) is 78.9 Å². The van der Waals surface area contributed by atoms with E-state index < -0.39 is 43.1 Å². The molecule has 7 rings (SSSR count). The van der Waals surface area contributed by atoms with Gasteiger partial charge in [-0.2, -0.15) is 0 Å². The number of fused-ring (bicyclic) bond motifs is 3. The van der Waals surface area contributed by atoms with Crippen molar-refractivity contribution in [2.45, 2.75) is 50.4 Å². The Labute approximate surface area is 247 Å². The van der Waals surface area contributed by atoms with Gasteiger partial charge >= 0.3 is 5.97 Å². The smallest absolute Gasteiger partial charge is 0.320 e. The lowest BCUT2D eigenvalue weighted by Crippen LogP contribution is -2.56. The van der Waals surface area contributed by atoms with Gasteiger partial charge in [0.05, 0.1) is 29.0 Å². The molecule has 2 amide bonds. The Balaban J connectivity index is 1.59.